The molecule has 0 radical (unpaired) electrons. The number of nitrogens with zero attached hydrogens (tertiary/aromatic N) is 4. The largest absolute Gasteiger partial charge is 0.461 e. The van der Waals surface area contributed by atoms with E-state index in [2.05, 4.69) is 26.0 Å². The van der Waals surface area contributed by atoms with Gasteiger partial charge in [0.15, 0.2) is 15.8 Å². The Morgan fingerprint density at radius 2 is 2.00 bits per heavy atom. The predicted octanol–water partition coefficient (Wildman–Crippen LogP) is 3.68. The van der Waals surface area contributed by atoms with Gasteiger partial charge >= 0.3 is 0 Å². The van der Waals surface area contributed by atoms with Crippen LogP contribution >= 0.6 is 23.1 Å². The number of furan rings is 1. The zero-order valence-electron chi connectivity index (χ0n) is 15.9. The molecular weight excluding hydrogens is 460 g/mol. The monoisotopic (exact) mass is 472 g/mol. The van der Waals surface area contributed by atoms with Gasteiger partial charge in [-0.1, -0.05) is 34.3 Å². The van der Waals surface area contributed by atoms with Crippen molar-refractivity contribution < 1.29 is 23.5 Å². The molecule has 3 aromatic heterocycles. The molecule has 4 aromatic rings. The van der Waals surface area contributed by atoms with Crippen LogP contribution in [0.2, 0.25) is 0 Å². The van der Waals surface area contributed by atoms with Gasteiger partial charge in [-0.3, -0.25) is 25.0 Å². The zero-order valence-corrected chi connectivity index (χ0v) is 17.5. The van der Waals surface area contributed by atoms with Crippen molar-refractivity contribution in [2.24, 2.45) is 0 Å². The first-order chi connectivity index (χ1) is 15.5. The van der Waals surface area contributed by atoms with Crippen molar-refractivity contribution in [2.75, 3.05) is 16.4 Å². The summed E-state index contributed by atoms with van der Waals surface area (Å²) in [5, 5.41) is 27.6. The maximum Gasteiger partial charge on any atom is 0.279 e. The molecule has 0 bridgehead atoms. The topological polar surface area (TPSA) is 166 Å². The Bertz CT molecular complexity index is 1270. The Labute approximate surface area is 187 Å². The number of nitro groups is 1. The summed E-state index contributed by atoms with van der Waals surface area (Å²) in [6.07, 6.45) is 1.47. The quantitative estimate of drug-likeness (QED) is 0.167. The first-order valence-corrected chi connectivity index (χ1v) is 10.6. The number of non-ortho nitro benzene ring substituents is 1. The minimum Gasteiger partial charge on any atom is -0.461 e. The van der Waals surface area contributed by atoms with Gasteiger partial charge in [-0.25, -0.2) is 0 Å². The van der Waals surface area contributed by atoms with Gasteiger partial charge in [-0.15, -0.1) is 10.2 Å². The lowest BCUT2D eigenvalue weighted by molar-refractivity contribution is -0.384. The second kappa shape index (κ2) is 9.40. The highest BCUT2D eigenvalue weighted by molar-refractivity contribution is 8.01. The Kier molecular flexibility index (Phi) is 6.23. The van der Waals surface area contributed by atoms with Gasteiger partial charge in [0.2, 0.25) is 16.8 Å². The number of carbonyl (C=O) groups is 2. The van der Waals surface area contributed by atoms with Crippen LogP contribution in [0.15, 0.2) is 62.0 Å². The fraction of sp³-hybridized carbons (Fsp3) is 0.0556. The summed E-state index contributed by atoms with van der Waals surface area (Å²) in [4.78, 5) is 34.7. The van der Waals surface area contributed by atoms with E-state index in [1.807, 2.05) is 0 Å². The summed E-state index contributed by atoms with van der Waals surface area (Å²) in [5.74, 6) is -0.161. The lowest BCUT2D eigenvalue weighted by Crippen LogP contribution is -2.14. The third-order valence-electron chi connectivity index (χ3n) is 3.80. The molecule has 0 unspecified atom stereocenters. The Morgan fingerprint density at radius 1 is 1.12 bits per heavy atom. The predicted molar refractivity (Wildman–Crippen MR) is 115 cm³/mol. The van der Waals surface area contributed by atoms with Gasteiger partial charge in [-0.05, 0) is 18.2 Å². The number of hydrogen-bond donors (Lipinski definition) is 2. The van der Waals surface area contributed by atoms with Crippen LogP contribution in [0, 0.1) is 10.1 Å². The SMILES string of the molecule is O=C(CSc1nnc(NC(=O)c2cc(-c3ccco3)on2)s1)Nc1cccc([N+](=O)[O-])c1. The fourth-order valence-electron chi connectivity index (χ4n) is 2.42. The van der Waals surface area contributed by atoms with Crippen molar-refractivity contribution in [1.82, 2.24) is 15.4 Å². The molecule has 14 heteroatoms. The number of anilines is 2. The molecule has 0 atom stereocenters. The van der Waals surface area contributed by atoms with Crippen LogP contribution in [0.1, 0.15) is 10.5 Å². The molecule has 1 aromatic carbocycles. The van der Waals surface area contributed by atoms with Crippen LogP contribution in [0.3, 0.4) is 0 Å². The number of benzene rings is 1. The second-order valence-corrected chi connectivity index (χ2v) is 8.23. The van der Waals surface area contributed by atoms with E-state index >= 15 is 0 Å². The molecule has 4 rings (SSSR count). The van der Waals surface area contributed by atoms with Gasteiger partial charge < -0.3 is 14.3 Å². The van der Waals surface area contributed by atoms with Gasteiger partial charge in [0.25, 0.3) is 11.6 Å². The lowest BCUT2D eigenvalue weighted by atomic mass is 10.3. The number of amides is 2. The van der Waals surface area contributed by atoms with Crippen LogP contribution < -0.4 is 10.6 Å². The molecule has 162 valence electrons. The maximum atomic E-state index is 12.3. The van der Waals surface area contributed by atoms with Gasteiger partial charge in [0, 0.05) is 23.9 Å². The van der Waals surface area contributed by atoms with Crippen molar-refractivity contribution in [3.63, 3.8) is 0 Å². The molecular formula is C18H12N6O6S2. The normalized spacial score (nSPS) is 10.6. The summed E-state index contributed by atoms with van der Waals surface area (Å²) < 4.78 is 10.7. The Hall–Kier alpha value is -4.04. The third-order valence-corrected chi connectivity index (χ3v) is 5.77. The van der Waals surface area contributed by atoms with Gasteiger partial charge in [-0.2, -0.15) is 0 Å². The molecule has 3 heterocycles. The van der Waals surface area contributed by atoms with Gasteiger partial charge in [0.1, 0.15) is 0 Å². The molecule has 2 N–H and O–H groups in total. The Morgan fingerprint density at radius 3 is 2.78 bits per heavy atom. The van der Waals surface area contributed by atoms with Crippen molar-refractivity contribution in [2.45, 2.75) is 4.34 Å². The fourth-order valence-corrected chi connectivity index (χ4v) is 3.97. The maximum absolute atomic E-state index is 12.3. The molecule has 0 fully saturated rings. The minimum absolute atomic E-state index is 0.00106. The highest BCUT2D eigenvalue weighted by Gasteiger charge is 2.17. The van der Waals surface area contributed by atoms with Crippen LogP contribution in [0.4, 0.5) is 16.5 Å². The summed E-state index contributed by atoms with van der Waals surface area (Å²) in [6, 6.07) is 10.4. The van der Waals surface area contributed by atoms with E-state index in [0.717, 1.165) is 23.1 Å². The Balaban J connectivity index is 1.29. The first-order valence-electron chi connectivity index (χ1n) is 8.80. The molecule has 2 amide bonds. The van der Waals surface area contributed by atoms with E-state index in [0.29, 0.717) is 21.5 Å². The number of nitro benzene ring substituents is 1. The zero-order chi connectivity index (χ0) is 22.5. The van der Waals surface area contributed by atoms with Crippen LogP contribution in [-0.2, 0) is 4.79 Å². The van der Waals surface area contributed by atoms with E-state index in [-0.39, 0.29) is 28.2 Å². The van der Waals surface area contributed by atoms with Crippen molar-refractivity contribution in [3.05, 3.63) is 64.5 Å². The van der Waals surface area contributed by atoms with E-state index < -0.39 is 10.8 Å². The van der Waals surface area contributed by atoms with E-state index in [4.69, 9.17) is 8.94 Å². The molecule has 0 saturated heterocycles. The average Bonchev–Trinajstić information content (AvgIpc) is 3.53. The molecule has 0 aliphatic carbocycles. The van der Waals surface area contributed by atoms with Crippen LogP contribution in [-0.4, -0.2) is 37.8 Å². The van der Waals surface area contributed by atoms with E-state index in [1.165, 1.54) is 30.5 Å². The summed E-state index contributed by atoms with van der Waals surface area (Å²) in [5.41, 5.74) is 0.233. The molecule has 32 heavy (non-hydrogen) atoms. The molecule has 0 aliphatic heterocycles. The summed E-state index contributed by atoms with van der Waals surface area (Å²) in [6.45, 7) is 0. The van der Waals surface area contributed by atoms with Crippen molar-refractivity contribution in [1.29, 1.82) is 0 Å². The molecule has 0 aliphatic rings. The highest BCUT2D eigenvalue weighted by atomic mass is 32.2. The number of thioether (sulfide) groups is 1. The van der Waals surface area contributed by atoms with E-state index in [9.17, 15) is 19.7 Å². The minimum atomic E-state index is -0.543. The number of aromatic nitrogens is 3. The molecule has 0 spiro atoms. The van der Waals surface area contributed by atoms with Crippen molar-refractivity contribution in [3.8, 4) is 11.5 Å². The van der Waals surface area contributed by atoms with Crippen LogP contribution in [0.5, 0.6) is 0 Å². The van der Waals surface area contributed by atoms with Crippen LogP contribution in [0.25, 0.3) is 11.5 Å². The number of nitrogens with one attached hydrogen (secondary N) is 2. The standard InChI is InChI=1S/C18H12N6O6S2/c25-15(19-10-3-1-4-11(7-10)24(27)28)9-31-18-22-21-17(32-18)20-16(26)12-8-14(30-23-12)13-5-2-6-29-13/h1-8H,9H2,(H,19,25)(H,20,21,26). The smallest absolute Gasteiger partial charge is 0.279 e. The first kappa shape index (κ1) is 21.2. The number of rotatable bonds is 8. The van der Waals surface area contributed by atoms with Gasteiger partial charge in [0.05, 0.1) is 16.9 Å². The average molecular weight is 472 g/mol. The molecule has 0 saturated carbocycles. The van der Waals surface area contributed by atoms with E-state index in [1.54, 1.807) is 18.2 Å². The van der Waals surface area contributed by atoms with Crippen molar-refractivity contribution >= 4 is 51.4 Å². The highest BCUT2D eigenvalue weighted by Crippen LogP contribution is 2.27. The second-order valence-electron chi connectivity index (χ2n) is 6.03. The summed E-state index contributed by atoms with van der Waals surface area (Å²) in [7, 11) is 0. The number of hydrogen-bond acceptors (Lipinski definition) is 11. The lowest BCUT2D eigenvalue weighted by Gasteiger charge is -2.03. The summed E-state index contributed by atoms with van der Waals surface area (Å²) >= 11 is 2.18. The number of carbonyl (C=O) groups excluding carboxylic acids is 2. The molecule has 12 nitrogen and oxygen atoms in total. The third kappa shape index (κ3) is 5.16.